The lowest BCUT2D eigenvalue weighted by Crippen LogP contribution is -2.36. The number of carbonyl (C=O) groups excluding carboxylic acids is 1. The smallest absolute Gasteiger partial charge is 0.244 e. The minimum Gasteiger partial charge on any atom is -0.389 e. The maximum atomic E-state index is 11.7. The quantitative estimate of drug-likeness (QED) is 0.829. The molecule has 1 amide bonds. The molecule has 0 spiro atoms. The Kier molecular flexibility index (Phi) is 4.93. The second kappa shape index (κ2) is 6.02. The van der Waals surface area contributed by atoms with Crippen molar-refractivity contribution in [1.29, 1.82) is 0 Å². The molecule has 0 bridgehead atoms. The number of rotatable bonds is 4. The van der Waals surface area contributed by atoms with E-state index < -0.39 is 0 Å². The van der Waals surface area contributed by atoms with E-state index >= 15 is 0 Å². The van der Waals surface area contributed by atoms with Gasteiger partial charge < -0.3 is 16.0 Å². The number of likely N-dealkylation sites (N-methyl/N-ethyl adjacent to an activating group) is 1. The molecule has 18 heavy (non-hydrogen) atoms. The van der Waals surface area contributed by atoms with Crippen LogP contribution in [0.5, 0.6) is 0 Å². The fraction of sp³-hybridized carbons (Fsp3) is 0.333. The number of nitrogens with one attached hydrogen (secondary N) is 1. The largest absolute Gasteiger partial charge is 0.389 e. The number of carbonyl (C=O) groups is 1. The minimum absolute atomic E-state index is 0.00968. The summed E-state index contributed by atoms with van der Waals surface area (Å²) in [7, 11) is 3.42. The van der Waals surface area contributed by atoms with Crippen LogP contribution in [0.2, 0.25) is 5.02 Å². The van der Waals surface area contributed by atoms with E-state index in [0.717, 1.165) is 5.69 Å². The van der Waals surface area contributed by atoms with Crippen LogP contribution >= 0.6 is 23.8 Å². The van der Waals surface area contributed by atoms with E-state index in [1.54, 1.807) is 39.2 Å². The first-order valence-electron chi connectivity index (χ1n) is 5.40. The van der Waals surface area contributed by atoms with Crippen LogP contribution in [0, 0.1) is 0 Å². The summed E-state index contributed by atoms with van der Waals surface area (Å²) in [6, 6.07) is 4.90. The van der Waals surface area contributed by atoms with Crippen LogP contribution in [-0.2, 0) is 4.79 Å². The highest BCUT2D eigenvalue weighted by molar-refractivity contribution is 7.80. The van der Waals surface area contributed by atoms with Gasteiger partial charge in [0.25, 0.3) is 0 Å². The zero-order valence-corrected chi connectivity index (χ0v) is 12.1. The van der Waals surface area contributed by atoms with Crippen molar-refractivity contribution in [3.63, 3.8) is 0 Å². The third-order valence-electron chi connectivity index (χ3n) is 2.43. The van der Waals surface area contributed by atoms with E-state index in [1.807, 2.05) is 0 Å². The van der Waals surface area contributed by atoms with E-state index in [4.69, 9.17) is 29.6 Å². The van der Waals surface area contributed by atoms with Crippen LogP contribution in [0.25, 0.3) is 0 Å². The van der Waals surface area contributed by atoms with Gasteiger partial charge in [0.15, 0.2) is 0 Å². The molecule has 0 aromatic heterocycles. The zero-order chi connectivity index (χ0) is 13.9. The fourth-order valence-electron chi connectivity index (χ4n) is 1.50. The van der Waals surface area contributed by atoms with Crippen molar-refractivity contribution in [3.8, 4) is 0 Å². The molecule has 1 atom stereocenters. The third kappa shape index (κ3) is 3.58. The van der Waals surface area contributed by atoms with Gasteiger partial charge in [0.2, 0.25) is 5.91 Å². The lowest BCUT2D eigenvalue weighted by atomic mass is 10.2. The van der Waals surface area contributed by atoms with Gasteiger partial charge in [0, 0.05) is 25.3 Å². The van der Waals surface area contributed by atoms with Crippen LogP contribution in [0.4, 0.5) is 5.69 Å². The number of nitrogens with zero attached hydrogens (tertiary/aromatic N) is 1. The average molecular weight is 286 g/mol. The van der Waals surface area contributed by atoms with E-state index in [1.165, 1.54) is 4.90 Å². The zero-order valence-electron chi connectivity index (χ0n) is 10.5. The normalized spacial score (nSPS) is 11.8. The summed E-state index contributed by atoms with van der Waals surface area (Å²) in [5.74, 6) is -0.00968. The van der Waals surface area contributed by atoms with Gasteiger partial charge in [-0.15, -0.1) is 0 Å². The van der Waals surface area contributed by atoms with Gasteiger partial charge in [-0.25, -0.2) is 0 Å². The first kappa shape index (κ1) is 14.7. The number of hydrogen-bond acceptors (Lipinski definition) is 3. The Bertz CT molecular complexity index is 476. The Morgan fingerprint density at radius 1 is 1.50 bits per heavy atom. The number of benzene rings is 1. The molecule has 0 saturated heterocycles. The Morgan fingerprint density at radius 3 is 2.56 bits per heavy atom. The van der Waals surface area contributed by atoms with Crippen LogP contribution < -0.4 is 11.1 Å². The Hall–Kier alpha value is -1.33. The molecule has 1 rings (SSSR count). The Labute approximate surface area is 117 Å². The number of thiocarbonyl (C=S) groups is 1. The molecule has 6 heteroatoms. The molecule has 0 aliphatic rings. The summed E-state index contributed by atoms with van der Waals surface area (Å²) in [6.07, 6.45) is 0. The van der Waals surface area contributed by atoms with Gasteiger partial charge in [0.05, 0.1) is 5.02 Å². The van der Waals surface area contributed by atoms with E-state index in [2.05, 4.69) is 5.32 Å². The van der Waals surface area contributed by atoms with Crippen molar-refractivity contribution in [3.05, 3.63) is 28.8 Å². The minimum atomic E-state index is -0.327. The predicted octanol–water partition coefficient (Wildman–Crippen LogP) is 1.86. The topological polar surface area (TPSA) is 58.4 Å². The molecule has 0 saturated carbocycles. The second-order valence-corrected chi connectivity index (χ2v) is 5.00. The molecule has 1 unspecified atom stereocenters. The Balaban J connectivity index is 2.84. The summed E-state index contributed by atoms with van der Waals surface area (Å²) >= 11 is 10.9. The van der Waals surface area contributed by atoms with Crippen LogP contribution in [0.1, 0.15) is 12.5 Å². The van der Waals surface area contributed by atoms with Crippen LogP contribution in [0.15, 0.2) is 18.2 Å². The average Bonchev–Trinajstić information content (AvgIpc) is 2.27. The lowest BCUT2D eigenvalue weighted by molar-refractivity contribution is -0.129. The van der Waals surface area contributed by atoms with E-state index in [0.29, 0.717) is 10.6 Å². The first-order chi connectivity index (χ1) is 8.32. The summed E-state index contributed by atoms with van der Waals surface area (Å²) < 4.78 is 0. The number of amides is 1. The number of halogens is 1. The second-order valence-electron chi connectivity index (χ2n) is 4.16. The molecule has 3 N–H and O–H groups in total. The summed E-state index contributed by atoms with van der Waals surface area (Å²) in [4.78, 5) is 13.5. The van der Waals surface area contributed by atoms with Crippen molar-refractivity contribution < 1.29 is 4.79 Å². The van der Waals surface area contributed by atoms with Crippen LogP contribution in [-0.4, -0.2) is 35.9 Å². The molecule has 1 aromatic carbocycles. The molecule has 0 aliphatic carbocycles. The van der Waals surface area contributed by atoms with E-state index in [-0.39, 0.29) is 16.9 Å². The molecule has 98 valence electrons. The molecule has 4 nitrogen and oxygen atoms in total. The van der Waals surface area contributed by atoms with Gasteiger partial charge in [-0.1, -0.05) is 23.8 Å². The fourth-order valence-corrected chi connectivity index (χ4v) is 2.02. The lowest BCUT2D eigenvalue weighted by Gasteiger charge is -2.19. The number of nitrogens with two attached hydrogens (primary N) is 1. The first-order valence-corrected chi connectivity index (χ1v) is 6.18. The van der Waals surface area contributed by atoms with Crippen LogP contribution in [0.3, 0.4) is 0 Å². The molecule has 0 heterocycles. The standard InChI is InChI=1S/C12H16ClN3OS/c1-7(12(17)16(2)3)15-8-4-5-9(11(14)18)10(13)6-8/h4-7,15H,1-3H3,(H2,14,18). The highest BCUT2D eigenvalue weighted by Gasteiger charge is 2.14. The molecule has 1 aromatic rings. The molecular formula is C12H16ClN3OS. The van der Waals surface area contributed by atoms with Gasteiger partial charge in [0.1, 0.15) is 11.0 Å². The van der Waals surface area contributed by atoms with Gasteiger partial charge >= 0.3 is 0 Å². The Morgan fingerprint density at radius 2 is 2.11 bits per heavy atom. The predicted molar refractivity (Wildman–Crippen MR) is 79.1 cm³/mol. The molecule has 0 radical (unpaired) electrons. The monoisotopic (exact) mass is 285 g/mol. The van der Waals surface area contributed by atoms with Crippen molar-refractivity contribution >= 4 is 40.4 Å². The SMILES string of the molecule is CC(Nc1ccc(C(N)=S)c(Cl)c1)C(=O)N(C)C. The highest BCUT2D eigenvalue weighted by atomic mass is 35.5. The van der Waals surface area contributed by atoms with Gasteiger partial charge in [-0.05, 0) is 25.1 Å². The van der Waals surface area contributed by atoms with Crippen molar-refractivity contribution in [2.75, 3.05) is 19.4 Å². The maximum absolute atomic E-state index is 11.7. The van der Waals surface area contributed by atoms with Gasteiger partial charge in [-0.2, -0.15) is 0 Å². The third-order valence-corrected chi connectivity index (χ3v) is 2.96. The summed E-state index contributed by atoms with van der Waals surface area (Å²) in [5, 5.41) is 3.54. The van der Waals surface area contributed by atoms with Gasteiger partial charge in [-0.3, -0.25) is 4.79 Å². The maximum Gasteiger partial charge on any atom is 0.244 e. The van der Waals surface area contributed by atoms with Crippen molar-refractivity contribution in [2.45, 2.75) is 13.0 Å². The summed E-state index contributed by atoms with van der Waals surface area (Å²) in [6.45, 7) is 1.79. The summed E-state index contributed by atoms with van der Waals surface area (Å²) in [5.41, 5.74) is 6.90. The highest BCUT2D eigenvalue weighted by Crippen LogP contribution is 2.21. The van der Waals surface area contributed by atoms with E-state index in [9.17, 15) is 4.79 Å². The van der Waals surface area contributed by atoms with Crippen molar-refractivity contribution in [1.82, 2.24) is 4.90 Å². The molecule has 0 fully saturated rings. The van der Waals surface area contributed by atoms with Crippen molar-refractivity contribution in [2.24, 2.45) is 5.73 Å². The molecular weight excluding hydrogens is 270 g/mol. The molecule has 0 aliphatic heterocycles. The number of hydrogen-bond donors (Lipinski definition) is 2. The number of anilines is 1.